The van der Waals surface area contributed by atoms with E-state index in [1.807, 2.05) is 12.3 Å². The van der Waals surface area contributed by atoms with Crippen LogP contribution in [0.5, 0.6) is 0 Å². The van der Waals surface area contributed by atoms with E-state index in [-0.39, 0.29) is 0 Å². The Kier molecular flexibility index (Phi) is 2.08. The fraction of sp³-hybridized carbons (Fsp3) is 0.0769. The van der Waals surface area contributed by atoms with Crippen LogP contribution >= 0.6 is 0 Å². The predicted molar refractivity (Wildman–Crippen MR) is 64.1 cm³/mol. The van der Waals surface area contributed by atoms with Gasteiger partial charge in [-0.05, 0) is 24.3 Å². The molecule has 1 aromatic rings. The van der Waals surface area contributed by atoms with Gasteiger partial charge in [0.1, 0.15) is 0 Å². The lowest BCUT2D eigenvalue weighted by atomic mass is 10.1. The van der Waals surface area contributed by atoms with Crippen molar-refractivity contribution in [1.82, 2.24) is 4.90 Å². The second-order valence-corrected chi connectivity index (χ2v) is 3.96. The summed E-state index contributed by atoms with van der Waals surface area (Å²) in [6, 6.07) is 5.36. The van der Waals surface area contributed by atoms with Gasteiger partial charge in [-0.25, -0.2) is 0 Å². The summed E-state index contributed by atoms with van der Waals surface area (Å²) in [5.74, 6) is -0.431. The molecule has 0 bridgehead atoms. The highest BCUT2D eigenvalue weighted by Crippen LogP contribution is 2.14. The number of primary amides is 1. The molecule has 4 heteroatoms. The Hall–Kier alpha value is -2.36. The average molecular weight is 225 g/mol. The molecule has 0 saturated heterocycles. The number of benzene rings is 1. The number of hydrogen-bond donors (Lipinski definition) is 1. The van der Waals surface area contributed by atoms with Crippen molar-refractivity contribution in [2.24, 2.45) is 10.7 Å². The van der Waals surface area contributed by atoms with Crippen molar-refractivity contribution in [1.29, 1.82) is 0 Å². The molecule has 0 fully saturated rings. The van der Waals surface area contributed by atoms with Crippen molar-refractivity contribution >= 4 is 11.6 Å². The molecule has 1 aromatic carbocycles. The third-order valence-electron chi connectivity index (χ3n) is 2.91. The van der Waals surface area contributed by atoms with E-state index in [9.17, 15) is 4.79 Å². The molecule has 2 aliphatic rings. The van der Waals surface area contributed by atoms with Crippen molar-refractivity contribution < 1.29 is 4.79 Å². The molecule has 2 N–H and O–H groups in total. The molecule has 17 heavy (non-hydrogen) atoms. The zero-order valence-corrected chi connectivity index (χ0v) is 9.13. The highest BCUT2D eigenvalue weighted by molar-refractivity contribution is 5.92. The fourth-order valence-electron chi connectivity index (χ4n) is 2.06. The number of carbonyl (C=O) groups is 1. The number of rotatable bonds is 1. The van der Waals surface area contributed by atoms with Gasteiger partial charge in [-0.2, -0.15) is 0 Å². The van der Waals surface area contributed by atoms with Gasteiger partial charge < -0.3 is 10.6 Å². The van der Waals surface area contributed by atoms with Crippen molar-refractivity contribution in [3.63, 3.8) is 0 Å². The monoisotopic (exact) mass is 225 g/mol. The largest absolute Gasteiger partial charge is 0.366 e. The Morgan fingerprint density at radius 1 is 1.41 bits per heavy atom. The van der Waals surface area contributed by atoms with Crippen LogP contribution in [0, 0.1) is 0 Å². The summed E-state index contributed by atoms with van der Waals surface area (Å²) >= 11 is 0. The van der Waals surface area contributed by atoms with Gasteiger partial charge in [0.15, 0.2) is 0 Å². The molecule has 1 amide bonds. The van der Waals surface area contributed by atoms with Crippen LogP contribution in [0.1, 0.15) is 10.4 Å². The van der Waals surface area contributed by atoms with Crippen molar-refractivity contribution in [2.75, 3.05) is 6.54 Å². The molecule has 2 heterocycles. The number of nitrogens with zero attached hydrogens (tertiary/aromatic N) is 2. The molecular weight excluding hydrogens is 214 g/mol. The van der Waals surface area contributed by atoms with E-state index in [0.717, 1.165) is 22.8 Å². The van der Waals surface area contributed by atoms with Crippen LogP contribution in [-0.4, -0.2) is 17.4 Å². The normalized spacial score (nSPS) is 16.2. The van der Waals surface area contributed by atoms with Gasteiger partial charge in [-0.3, -0.25) is 9.79 Å². The first-order valence-corrected chi connectivity index (χ1v) is 5.37. The summed E-state index contributed by atoms with van der Waals surface area (Å²) in [5, 5.41) is 1.80. The Morgan fingerprint density at radius 2 is 2.29 bits per heavy atom. The predicted octanol–water partition coefficient (Wildman–Crippen LogP) is -0.130. The van der Waals surface area contributed by atoms with Gasteiger partial charge in [-0.15, -0.1) is 0 Å². The fourth-order valence-corrected chi connectivity index (χ4v) is 2.06. The zero-order valence-electron chi connectivity index (χ0n) is 9.13. The Morgan fingerprint density at radius 3 is 3.12 bits per heavy atom. The maximum Gasteiger partial charge on any atom is 0.248 e. The van der Waals surface area contributed by atoms with E-state index in [2.05, 4.69) is 22.0 Å². The third kappa shape index (κ3) is 1.54. The minimum Gasteiger partial charge on any atom is -0.366 e. The first-order valence-electron chi connectivity index (χ1n) is 5.37. The van der Waals surface area contributed by atoms with Gasteiger partial charge in [0, 0.05) is 29.7 Å². The van der Waals surface area contributed by atoms with Crippen LogP contribution in [0.4, 0.5) is 0 Å². The molecule has 0 saturated carbocycles. The van der Waals surface area contributed by atoms with Gasteiger partial charge in [0.2, 0.25) is 5.91 Å². The van der Waals surface area contributed by atoms with E-state index < -0.39 is 5.91 Å². The summed E-state index contributed by atoms with van der Waals surface area (Å²) in [6.07, 6.45) is 7.83. The Labute approximate surface area is 98.1 Å². The van der Waals surface area contributed by atoms with Crippen molar-refractivity contribution in [3.8, 4) is 0 Å². The van der Waals surface area contributed by atoms with Crippen LogP contribution in [0.25, 0.3) is 5.70 Å². The molecule has 0 aliphatic carbocycles. The molecule has 4 nitrogen and oxygen atoms in total. The summed E-state index contributed by atoms with van der Waals surface area (Å²) in [4.78, 5) is 17.6. The van der Waals surface area contributed by atoms with Gasteiger partial charge in [0.25, 0.3) is 0 Å². The first kappa shape index (κ1) is 9.84. The zero-order chi connectivity index (χ0) is 11.8. The van der Waals surface area contributed by atoms with Gasteiger partial charge >= 0.3 is 0 Å². The van der Waals surface area contributed by atoms with E-state index in [0.29, 0.717) is 5.56 Å². The third-order valence-corrected chi connectivity index (χ3v) is 2.91. The molecule has 0 unspecified atom stereocenters. The van der Waals surface area contributed by atoms with E-state index in [1.165, 1.54) is 0 Å². The maximum absolute atomic E-state index is 11.1. The lowest BCUT2D eigenvalue weighted by molar-refractivity contribution is 0.1000. The number of fused-ring (bicyclic) bond motifs is 2. The van der Waals surface area contributed by atoms with Crippen LogP contribution in [0.15, 0.2) is 47.7 Å². The van der Waals surface area contributed by atoms with Gasteiger partial charge in [0.05, 0.1) is 11.1 Å². The van der Waals surface area contributed by atoms with Crippen LogP contribution in [-0.2, 0) is 0 Å². The molecular formula is C13H11N3O. The van der Waals surface area contributed by atoms with E-state index in [1.54, 1.807) is 18.3 Å². The summed E-state index contributed by atoms with van der Waals surface area (Å²) in [7, 11) is 0. The van der Waals surface area contributed by atoms with E-state index in [4.69, 9.17) is 5.73 Å². The number of nitrogens with two attached hydrogens (primary N) is 1. The molecule has 0 radical (unpaired) electrons. The second-order valence-electron chi connectivity index (χ2n) is 3.96. The molecule has 84 valence electrons. The minimum atomic E-state index is -0.431. The Bertz CT molecular complexity index is 670. The SMILES string of the molecule is NC(=O)c1ccc2c(c1)=NC=CN1CC=CC=21. The Balaban J connectivity index is 2.34. The lowest BCUT2D eigenvalue weighted by Crippen LogP contribution is -2.31. The molecule has 0 atom stereocenters. The van der Waals surface area contributed by atoms with Crippen LogP contribution in [0.2, 0.25) is 0 Å². The topological polar surface area (TPSA) is 58.7 Å². The van der Waals surface area contributed by atoms with Crippen molar-refractivity contribution in [3.05, 3.63) is 58.9 Å². The summed E-state index contributed by atoms with van der Waals surface area (Å²) < 4.78 is 0. The second kappa shape index (κ2) is 3.59. The average Bonchev–Trinajstić information content (AvgIpc) is 2.71. The van der Waals surface area contributed by atoms with E-state index >= 15 is 0 Å². The maximum atomic E-state index is 11.1. The first-order chi connectivity index (χ1) is 8.25. The minimum absolute atomic E-state index is 0.431. The number of amides is 1. The number of hydrogen-bond acceptors (Lipinski definition) is 3. The lowest BCUT2D eigenvalue weighted by Gasteiger charge is -2.12. The molecule has 3 rings (SSSR count). The standard InChI is InChI=1S/C13H11N3O/c14-13(17)9-3-4-10-11(8-9)15-5-7-16-6-1-2-12(10)16/h1-5,7-8H,6H2,(H2,14,17). The van der Waals surface area contributed by atoms with Crippen molar-refractivity contribution in [2.45, 2.75) is 0 Å². The smallest absolute Gasteiger partial charge is 0.248 e. The summed E-state index contributed by atoms with van der Waals surface area (Å²) in [6.45, 7) is 0.859. The summed E-state index contributed by atoms with van der Waals surface area (Å²) in [5.41, 5.74) is 6.85. The van der Waals surface area contributed by atoms with Crippen LogP contribution < -0.4 is 16.3 Å². The highest BCUT2D eigenvalue weighted by Gasteiger charge is 2.12. The number of carbonyl (C=O) groups excluding carboxylic acids is 1. The molecule has 0 spiro atoms. The molecule has 2 aliphatic heterocycles. The highest BCUT2D eigenvalue weighted by atomic mass is 16.1. The quantitative estimate of drug-likeness (QED) is 0.723. The van der Waals surface area contributed by atoms with Crippen LogP contribution in [0.3, 0.4) is 0 Å². The van der Waals surface area contributed by atoms with Gasteiger partial charge in [-0.1, -0.05) is 6.08 Å². The molecule has 0 aromatic heterocycles.